The maximum absolute atomic E-state index is 11.8. The van der Waals surface area contributed by atoms with E-state index in [0.717, 1.165) is 11.1 Å². The van der Waals surface area contributed by atoms with Crippen molar-refractivity contribution in [2.24, 2.45) is 16.0 Å². The molecule has 2 rings (SSSR count). The fourth-order valence-corrected chi connectivity index (χ4v) is 2.25. The number of para-hydroxylation sites is 1. The Hall–Kier alpha value is -2.99. The average Bonchev–Trinajstić information content (AvgIpc) is 2.62. The highest BCUT2D eigenvalue weighted by Gasteiger charge is 2.13. The third kappa shape index (κ3) is 4.99. The number of ketones is 1. The number of hydrogen-bond acceptors (Lipinski definition) is 6. The lowest BCUT2D eigenvalue weighted by molar-refractivity contribution is -0.113. The van der Waals surface area contributed by atoms with Gasteiger partial charge in [0.2, 0.25) is 0 Å². The highest BCUT2D eigenvalue weighted by Crippen LogP contribution is 2.22. The van der Waals surface area contributed by atoms with E-state index in [1.807, 2.05) is 30.3 Å². The van der Waals surface area contributed by atoms with Crippen LogP contribution in [0.2, 0.25) is 0 Å². The van der Waals surface area contributed by atoms with Gasteiger partial charge >= 0.3 is 0 Å². The molecule has 0 spiro atoms. The van der Waals surface area contributed by atoms with Crippen LogP contribution in [-0.2, 0) is 17.8 Å². The van der Waals surface area contributed by atoms with Crippen LogP contribution in [0.3, 0.4) is 0 Å². The molecule has 0 atom stereocenters. The van der Waals surface area contributed by atoms with Crippen LogP contribution in [0.15, 0.2) is 70.2 Å². The summed E-state index contributed by atoms with van der Waals surface area (Å²) in [5.41, 5.74) is 7.77. The van der Waals surface area contributed by atoms with Gasteiger partial charge in [-0.15, -0.1) is 5.11 Å². The third-order valence-electron chi connectivity index (χ3n) is 3.59. The smallest absolute Gasteiger partial charge is 0.183 e. The van der Waals surface area contributed by atoms with Crippen molar-refractivity contribution in [3.8, 4) is 5.75 Å². The molecule has 0 aliphatic carbocycles. The zero-order valence-corrected chi connectivity index (χ0v) is 14.3. The predicted octanol–water partition coefficient (Wildman–Crippen LogP) is 3.84. The number of nitrogens with zero attached hydrogens (tertiary/aromatic N) is 2. The summed E-state index contributed by atoms with van der Waals surface area (Å²) >= 11 is 0. The minimum absolute atomic E-state index is 0.0752. The second-order valence-corrected chi connectivity index (χ2v) is 5.41. The molecule has 0 aliphatic rings. The van der Waals surface area contributed by atoms with Crippen LogP contribution in [0.25, 0.3) is 0 Å². The summed E-state index contributed by atoms with van der Waals surface area (Å²) in [6.45, 7) is 1.78. The van der Waals surface area contributed by atoms with Crippen molar-refractivity contribution in [3.05, 3.63) is 71.1 Å². The van der Waals surface area contributed by atoms with Gasteiger partial charge in [-0.25, -0.2) is 0 Å². The van der Waals surface area contributed by atoms with E-state index >= 15 is 0 Å². The summed E-state index contributed by atoms with van der Waals surface area (Å²) in [7, 11) is 1.55. The summed E-state index contributed by atoms with van der Waals surface area (Å²) in [5.74, 6) is 0.111. The molecule has 0 bridgehead atoms. The highest BCUT2D eigenvalue weighted by atomic mass is 16.5. The largest absolute Gasteiger partial charge is 0.509 e. The maximum atomic E-state index is 11.8. The van der Waals surface area contributed by atoms with Crippen LogP contribution in [0.1, 0.15) is 18.1 Å². The first-order chi connectivity index (χ1) is 12.0. The standard InChI is InChI=1S/C19H21N3O3/c1-13(23)19(22-21-16-9-7-14(12-20)8-10-16)17(24)11-15-5-3-4-6-18(15)25-2/h3-10,24H,11-12,20H2,1-2H3. The first kappa shape index (κ1) is 18.4. The Morgan fingerprint density at radius 3 is 2.44 bits per heavy atom. The predicted molar refractivity (Wildman–Crippen MR) is 95.9 cm³/mol. The molecule has 0 fully saturated rings. The molecule has 25 heavy (non-hydrogen) atoms. The molecule has 2 aromatic rings. The number of carbonyl (C=O) groups excluding carboxylic acids is 1. The molecule has 0 radical (unpaired) electrons. The van der Waals surface area contributed by atoms with Crippen LogP contribution in [-0.4, -0.2) is 18.0 Å². The molecule has 0 saturated heterocycles. The number of aliphatic hydroxyl groups excluding tert-OH is 1. The van der Waals surface area contributed by atoms with Crippen molar-refractivity contribution in [1.29, 1.82) is 0 Å². The van der Waals surface area contributed by atoms with Gasteiger partial charge < -0.3 is 15.6 Å². The summed E-state index contributed by atoms with van der Waals surface area (Å²) in [6.07, 6.45) is 0.129. The third-order valence-corrected chi connectivity index (χ3v) is 3.59. The molecule has 130 valence electrons. The number of benzene rings is 2. The van der Waals surface area contributed by atoms with E-state index < -0.39 is 0 Å². The van der Waals surface area contributed by atoms with E-state index in [-0.39, 0.29) is 23.7 Å². The number of allylic oxidation sites excluding steroid dienone is 2. The number of Topliss-reactive ketones (excluding diaryl/α,β-unsaturated/α-hetero) is 1. The second-order valence-electron chi connectivity index (χ2n) is 5.41. The van der Waals surface area contributed by atoms with Gasteiger partial charge in [-0.05, 0) is 23.8 Å². The number of nitrogens with two attached hydrogens (primary N) is 1. The zero-order chi connectivity index (χ0) is 18.2. The van der Waals surface area contributed by atoms with Crippen molar-refractivity contribution in [2.45, 2.75) is 19.9 Å². The van der Waals surface area contributed by atoms with E-state index in [1.165, 1.54) is 6.92 Å². The topological polar surface area (TPSA) is 97.3 Å². The number of ether oxygens (including phenoxy) is 1. The van der Waals surface area contributed by atoms with E-state index in [9.17, 15) is 9.90 Å². The lowest BCUT2D eigenvalue weighted by atomic mass is 10.1. The molecule has 2 aromatic carbocycles. The van der Waals surface area contributed by atoms with Gasteiger partial charge in [0.05, 0.1) is 12.8 Å². The fraction of sp³-hybridized carbons (Fsp3) is 0.211. The Morgan fingerprint density at radius 1 is 1.16 bits per heavy atom. The summed E-state index contributed by atoms with van der Waals surface area (Å²) in [6, 6.07) is 14.4. The molecule has 0 aromatic heterocycles. The van der Waals surface area contributed by atoms with Crippen LogP contribution >= 0.6 is 0 Å². The maximum Gasteiger partial charge on any atom is 0.183 e. The first-order valence-corrected chi connectivity index (χ1v) is 7.80. The van der Waals surface area contributed by atoms with E-state index in [1.54, 1.807) is 25.3 Å². The highest BCUT2D eigenvalue weighted by molar-refractivity contribution is 5.93. The van der Waals surface area contributed by atoms with Crippen molar-refractivity contribution in [3.63, 3.8) is 0 Å². The normalized spacial score (nSPS) is 12.1. The number of rotatable bonds is 7. The Labute approximate surface area is 146 Å². The zero-order valence-electron chi connectivity index (χ0n) is 14.3. The number of azo groups is 1. The lowest BCUT2D eigenvalue weighted by Gasteiger charge is -2.08. The number of aliphatic hydroxyl groups is 1. The molecular weight excluding hydrogens is 318 g/mol. The molecule has 0 unspecified atom stereocenters. The van der Waals surface area contributed by atoms with Crippen molar-refractivity contribution < 1.29 is 14.6 Å². The first-order valence-electron chi connectivity index (χ1n) is 7.80. The molecule has 0 aliphatic heterocycles. The van der Waals surface area contributed by atoms with Crippen LogP contribution in [0.4, 0.5) is 5.69 Å². The molecule has 3 N–H and O–H groups in total. The Kier molecular flexibility index (Phi) is 6.42. The molecular formula is C19H21N3O3. The average molecular weight is 339 g/mol. The van der Waals surface area contributed by atoms with Crippen LogP contribution in [0, 0.1) is 0 Å². The molecule has 6 heteroatoms. The Bertz CT molecular complexity index is 796. The van der Waals surface area contributed by atoms with Gasteiger partial charge in [0.1, 0.15) is 11.5 Å². The van der Waals surface area contributed by atoms with E-state index in [4.69, 9.17) is 10.5 Å². The monoisotopic (exact) mass is 339 g/mol. The number of hydrogen-bond donors (Lipinski definition) is 2. The van der Waals surface area contributed by atoms with Gasteiger partial charge in [-0.3, -0.25) is 4.79 Å². The van der Waals surface area contributed by atoms with Gasteiger partial charge in [-0.1, -0.05) is 30.3 Å². The van der Waals surface area contributed by atoms with Crippen molar-refractivity contribution in [1.82, 2.24) is 0 Å². The Balaban J connectivity index is 2.26. The minimum Gasteiger partial charge on any atom is -0.509 e. The van der Waals surface area contributed by atoms with Gasteiger partial charge in [0, 0.05) is 25.5 Å². The minimum atomic E-state index is -0.366. The van der Waals surface area contributed by atoms with Crippen LogP contribution < -0.4 is 10.5 Å². The van der Waals surface area contributed by atoms with Gasteiger partial charge in [-0.2, -0.15) is 5.11 Å². The lowest BCUT2D eigenvalue weighted by Crippen LogP contribution is -2.02. The number of carbonyl (C=O) groups is 1. The van der Waals surface area contributed by atoms with E-state index in [0.29, 0.717) is 18.0 Å². The summed E-state index contributed by atoms with van der Waals surface area (Å²) in [4.78, 5) is 11.8. The van der Waals surface area contributed by atoms with Crippen molar-refractivity contribution >= 4 is 11.5 Å². The second kappa shape index (κ2) is 8.75. The van der Waals surface area contributed by atoms with Crippen molar-refractivity contribution in [2.75, 3.05) is 7.11 Å². The SMILES string of the molecule is COc1ccccc1CC(O)=C(N=Nc1ccc(CN)cc1)C(C)=O. The molecule has 0 heterocycles. The fourth-order valence-electron chi connectivity index (χ4n) is 2.25. The van der Waals surface area contributed by atoms with Gasteiger partial charge in [0.25, 0.3) is 0 Å². The number of methoxy groups -OCH3 is 1. The van der Waals surface area contributed by atoms with E-state index in [2.05, 4.69) is 10.2 Å². The molecule has 6 nitrogen and oxygen atoms in total. The summed E-state index contributed by atoms with van der Waals surface area (Å²) in [5, 5.41) is 18.3. The Morgan fingerprint density at radius 2 is 1.84 bits per heavy atom. The summed E-state index contributed by atoms with van der Waals surface area (Å²) < 4.78 is 5.25. The molecule has 0 amide bonds. The van der Waals surface area contributed by atoms with Crippen LogP contribution in [0.5, 0.6) is 5.75 Å². The quantitative estimate of drug-likeness (QED) is 0.455. The molecule has 0 saturated carbocycles. The van der Waals surface area contributed by atoms with Gasteiger partial charge in [0.15, 0.2) is 11.5 Å².